The zero-order valence-electron chi connectivity index (χ0n) is 13.2. The number of fused-ring (bicyclic) bond motifs is 1. The van der Waals surface area contributed by atoms with Gasteiger partial charge in [0, 0.05) is 46.9 Å². The normalized spacial score (nSPS) is 10.6. The first-order valence-electron chi connectivity index (χ1n) is 7.32. The lowest BCUT2D eigenvalue weighted by molar-refractivity contribution is 0.0699. The van der Waals surface area contributed by atoms with Crippen molar-refractivity contribution in [2.75, 3.05) is 24.3 Å². The van der Waals surface area contributed by atoms with Crippen molar-refractivity contribution in [1.82, 2.24) is 4.98 Å². The summed E-state index contributed by atoms with van der Waals surface area (Å²) in [6.07, 6.45) is 1.62. The van der Waals surface area contributed by atoms with Gasteiger partial charge in [-0.1, -0.05) is 18.2 Å². The number of carboxylic acid groups (broad SMARTS) is 1. The third-order valence-corrected chi connectivity index (χ3v) is 4.32. The number of hydrogen-bond donors (Lipinski definition) is 2. The van der Waals surface area contributed by atoms with Crippen LogP contribution < -0.4 is 10.2 Å². The second-order valence-electron chi connectivity index (χ2n) is 5.56. The SMILES string of the molecule is CN(C)c1cccc(Nc2ncc(Br)c3c(C(=O)O)cccc23)c1. The van der Waals surface area contributed by atoms with Gasteiger partial charge in [0.2, 0.25) is 0 Å². The molecule has 0 radical (unpaired) electrons. The molecule has 0 saturated heterocycles. The van der Waals surface area contributed by atoms with E-state index < -0.39 is 5.97 Å². The molecule has 0 aliphatic rings. The van der Waals surface area contributed by atoms with Crippen LogP contribution in [0.4, 0.5) is 17.2 Å². The van der Waals surface area contributed by atoms with Crippen LogP contribution in [-0.2, 0) is 0 Å². The number of hydrogen-bond acceptors (Lipinski definition) is 4. The summed E-state index contributed by atoms with van der Waals surface area (Å²) in [5.41, 5.74) is 2.19. The van der Waals surface area contributed by atoms with E-state index in [4.69, 9.17) is 0 Å². The highest BCUT2D eigenvalue weighted by atomic mass is 79.9. The number of anilines is 3. The van der Waals surface area contributed by atoms with Crippen molar-refractivity contribution < 1.29 is 9.90 Å². The summed E-state index contributed by atoms with van der Waals surface area (Å²) in [4.78, 5) is 17.9. The average molecular weight is 386 g/mol. The molecule has 122 valence electrons. The second-order valence-corrected chi connectivity index (χ2v) is 6.41. The highest BCUT2D eigenvalue weighted by Crippen LogP contribution is 2.33. The Labute approximate surface area is 148 Å². The van der Waals surface area contributed by atoms with Crippen LogP contribution in [0.5, 0.6) is 0 Å². The van der Waals surface area contributed by atoms with Gasteiger partial charge in [-0.15, -0.1) is 0 Å². The zero-order valence-corrected chi connectivity index (χ0v) is 14.8. The van der Waals surface area contributed by atoms with Gasteiger partial charge in [0.15, 0.2) is 0 Å². The van der Waals surface area contributed by atoms with Crippen molar-refractivity contribution in [3.8, 4) is 0 Å². The smallest absolute Gasteiger partial charge is 0.336 e. The Morgan fingerprint density at radius 3 is 2.67 bits per heavy atom. The summed E-state index contributed by atoms with van der Waals surface area (Å²) in [5.74, 6) is -0.347. The van der Waals surface area contributed by atoms with Crippen LogP contribution in [0.15, 0.2) is 53.1 Å². The molecule has 6 heteroatoms. The molecule has 2 N–H and O–H groups in total. The van der Waals surface area contributed by atoms with Crippen LogP contribution in [0.2, 0.25) is 0 Å². The Morgan fingerprint density at radius 1 is 1.21 bits per heavy atom. The standard InChI is InChI=1S/C18H16BrN3O2/c1-22(2)12-6-3-5-11(9-12)21-17-13-7-4-8-14(18(23)24)16(13)15(19)10-20-17/h3-10H,1-2H3,(H,20,21)(H,23,24). The highest BCUT2D eigenvalue weighted by molar-refractivity contribution is 9.10. The van der Waals surface area contributed by atoms with Crippen molar-refractivity contribution in [3.63, 3.8) is 0 Å². The number of aromatic carboxylic acids is 1. The van der Waals surface area contributed by atoms with E-state index in [9.17, 15) is 9.90 Å². The Bertz CT molecular complexity index is 925. The van der Waals surface area contributed by atoms with Gasteiger partial charge in [-0.2, -0.15) is 0 Å². The van der Waals surface area contributed by atoms with E-state index in [1.165, 1.54) is 0 Å². The lowest BCUT2D eigenvalue weighted by Crippen LogP contribution is -2.08. The molecule has 2 aromatic carbocycles. The topological polar surface area (TPSA) is 65.5 Å². The first-order valence-corrected chi connectivity index (χ1v) is 8.11. The fourth-order valence-corrected chi connectivity index (χ4v) is 3.07. The first-order chi connectivity index (χ1) is 11.5. The number of halogens is 1. The van der Waals surface area contributed by atoms with E-state index in [2.05, 4.69) is 26.2 Å². The third-order valence-electron chi connectivity index (χ3n) is 3.72. The van der Waals surface area contributed by atoms with Crippen molar-refractivity contribution in [2.45, 2.75) is 0 Å². The molecule has 3 rings (SSSR count). The molecule has 0 fully saturated rings. The zero-order chi connectivity index (χ0) is 17.3. The first kappa shape index (κ1) is 16.3. The number of carbonyl (C=O) groups is 1. The molecule has 0 unspecified atom stereocenters. The minimum Gasteiger partial charge on any atom is -0.478 e. The molecule has 3 aromatic rings. The van der Waals surface area contributed by atoms with Crippen LogP contribution in [0.25, 0.3) is 10.8 Å². The minimum atomic E-state index is -0.965. The predicted octanol–water partition coefficient (Wildman–Crippen LogP) is 4.51. The third kappa shape index (κ3) is 3.05. The van der Waals surface area contributed by atoms with E-state index in [1.54, 1.807) is 18.3 Å². The van der Waals surface area contributed by atoms with Crippen molar-refractivity contribution in [1.29, 1.82) is 0 Å². The lowest BCUT2D eigenvalue weighted by atomic mass is 10.1. The average Bonchev–Trinajstić information content (AvgIpc) is 2.57. The monoisotopic (exact) mass is 385 g/mol. The van der Waals surface area contributed by atoms with Gasteiger partial charge in [-0.05, 0) is 40.2 Å². The molecule has 0 atom stereocenters. The number of pyridine rings is 1. The van der Waals surface area contributed by atoms with E-state index in [0.717, 1.165) is 16.8 Å². The summed E-state index contributed by atoms with van der Waals surface area (Å²) in [6.45, 7) is 0. The van der Waals surface area contributed by atoms with E-state index in [1.807, 2.05) is 49.3 Å². The Morgan fingerprint density at radius 2 is 1.96 bits per heavy atom. The predicted molar refractivity (Wildman–Crippen MR) is 100 cm³/mol. The van der Waals surface area contributed by atoms with Crippen LogP contribution >= 0.6 is 15.9 Å². The Kier molecular flexibility index (Phi) is 4.40. The number of benzene rings is 2. The summed E-state index contributed by atoms with van der Waals surface area (Å²) < 4.78 is 0.656. The number of nitrogens with one attached hydrogen (secondary N) is 1. The molecule has 0 spiro atoms. The van der Waals surface area contributed by atoms with Crippen LogP contribution in [-0.4, -0.2) is 30.2 Å². The molecule has 0 aliphatic carbocycles. The molecule has 5 nitrogen and oxygen atoms in total. The van der Waals surface area contributed by atoms with Gasteiger partial charge in [-0.3, -0.25) is 0 Å². The van der Waals surface area contributed by atoms with E-state index in [0.29, 0.717) is 15.7 Å². The maximum atomic E-state index is 11.5. The maximum Gasteiger partial charge on any atom is 0.336 e. The lowest BCUT2D eigenvalue weighted by Gasteiger charge is -2.15. The minimum absolute atomic E-state index is 0.242. The molecule has 0 saturated carbocycles. The molecule has 24 heavy (non-hydrogen) atoms. The van der Waals surface area contributed by atoms with E-state index >= 15 is 0 Å². The quantitative estimate of drug-likeness (QED) is 0.691. The van der Waals surface area contributed by atoms with Gasteiger partial charge >= 0.3 is 5.97 Å². The van der Waals surface area contributed by atoms with Gasteiger partial charge < -0.3 is 15.3 Å². The maximum absolute atomic E-state index is 11.5. The summed E-state index contributed by atoms with van der Waals surface area (Å²) in [5, 5.41) is 14.1. The van der Waals surface area contributed by atoms with E-state index in [-0.39, 0.29) is 5.56 Å². The number of carboxylic acids is 1. The van der Waals surface area contributed by atoms with Crippen molar-refractivity contribution in [3.05, 3.63) is 58.7 Å². The fraction of sp³-hybridized carbons (Fsp3) is 0.111. The molecular weight excluding hydrogens is 370 g/mol. The van der Waals surface area contributed by atoms with Crippen molar-refractivity contribution >= 4 is 49.9 Å². The van der Waals surface area contributed by atoms with Gasteiger partial charge in [0.05, 0.1) is 5.56 Å². The van der Waals surface area contributed by atoms with Gasteiger partial charge in [-0.25, -0.2) is 9.78 Å². The highest BCUT2D eigenvalue weighted by Gasteiger charge is 2.14. The number of aromatic nitrogens is 1. The molecular formula is C18H16BrN3O2. The van der Waals surface area contributed by atoms with Crippen LogP contribution in [0, 0.1) is 0 Å². The Hall–Kier alpha value is -2.60. The number of rotatable bonds is 4. The van der Waals surface area contributed by atoms with Crippen LogP contribution in [0.3, 0.4) is 0 Å². The van der Waals surface area contributed by atoms with Crippen molar-refractivity contribution in [2.24, 2.45) is 0 Å². The van der Waals surface area contributed by atoms with Gasteiger partial charge in [0.25, 0.3) is 0 Å². The molecule has 0 aliphatic heterocycles. The van der Waals surface area contributed by atoms with Gasteiger partial charge in [0.1, 0.15) is 5.82 Å². The Balaban J connectivity index is 2.11. The van der Waals surface area contributed by atoms with Crippen LogP contribution in [0.1, 0.15) is 10.4 Å². The molecule has 0 bridgehead atoms. The molecule has 0 amide bonds. The molecule has 1 aromatic heterocycles. The summed E-state index contributed by atoms with van der Waals surface area (Å²) >= 11 is 3.41. The fourth-order valence-electron chi connectivity index (χ4n) is 2.54. The summed E-state index contributed by atoms with van der Waals surface area (Å²) in [6, 6.07) is 13.1. The molecule has 1 heterocycles. The summed E-state index contributed by atoms with van der Waals surface area (Å²) in [7, 11) is 3.96. The largest absolute Gasteiger partial charge is 0.478 e. The number of nitrogens with zero attached hydrogens (tertiary/aromatic N) is 2. The second kappa shape index (κ2) is 6.49.